The predicted octanol–water partition coefficient (Wildman–Crippen LogP) is 4.16. The molecule has 0 saturated heterocycles. The van der Waals surface area contributed by atoms with Gasteiger partial charge in [0.1, 0.15) is 11.6 Å². The summed E-state index contributed by atoms with van der Waals surface area (Å²) in [5, 5.41) is -0.344. The lowest BCUT2D eigenvalue weighted by molar-refractivity contribution is 0.383. The van der Waals surface area contributed by atoms with Crippen molar-refractivity contribution in [3.05, 3.63) is 29.6 Å². The molecule has 1 unspecified atom stereocenters. The Hall–Kier alpha value is -0.760. The van der Waals surface area contributed by atoms with Gasteiger partial charge in [-0.3, -0.25) is 0 Å². The third kappa shape index (κ3) is 2.85. The van der Waals surface area contributed by atoms with E-state index in [-0.39, 0.29) is 16.6 Å². The molecule has 0 aromatic heterocycles. The topological polar surface area (TPSA) is 9.23 Å². The summed E-state index contributed by atoms with van der Waals surface area (Å²) in [6, 6.07) is 4.76. The number of methoxy groups -OCH3 is 1. The Balaban J connectivity index is 3.06. The van der Waals surface area contributed by atoms with Crippen LogP contribution >= 0.6 is 11.6 Å². The molecule has 0 N–H and O–H groups in total. The van der Waals surface area contributed by atoms with E-state index >= 15 is 0 Å². The molecule has 1 aromatic carbocycles. The van der Waals surface area contributed by atoms with Crippen molar-refractivity contribution in [1.29, 1.82) is 0 Å². The Bertz CT molecular complexity index is 344. The first-order valence-electron chi connectivity index (χ1n) is 4.83. The van der Waals surface area contributed by atoms with Crippen LogP contribution in [0.1, 0.15) is 31.7 Å². The highest BCUT2D eigenvalue weighted by Gasteiger charge is 2.26. The summed E-state index contributed by atoms with van der Waals surface area (Å²) in [5.41, 5.74) is 0.349. The maximum atomic E-state index is 13.7. The largest absolute Gasteiger partial charge is 0.497 e. The fraction of sp³-hybridized carbons (Fsp3) is 0.500. The zero-order valence-electron chi connectivity index (χ0n) is 9.47. The molecule has 1 aromatic rings. The Morgan fingerprint density at radius 3 is 2.33 bits per heavy atom. The van der Waals surface area contributed by atoms with Crippen LogP contribution in [-0.2, 0) is 0 Å². The summed E-state index contributed by atoms with van der Waals surface area (Å²) in [6.45, 7) is 5.94. The van der Waals surface area contributed by atoms with Gasteiger partial charge < -0.3 is 4.74 Å². The maximum Gasteiger partial charge on any atom is 0.131 e. The second-order valence-electron chi connectivity index (χ2n) is 4.62. The molecule has 0 bridgehead atoms. The number of alkyl halides is 1. The van der Waals surface area contributed by atoms with Crippen molar-refractivity contribution in [3.8, 4) is 5.75 Å². The SMILES string of the molecule is COc1ccc(C(Cl)C(C)(C)C)c(F)c1. The molecule has 0 amide bonds. The van der Waals surface area contributed by atoms with Crippen LogP contribution in [0, 0.1) is 11.2 Å². The van der Waals surface area contributed by atoms with Gasteiger partial charge in [-0.05, 0) is 11.5 Å². The van der Waals surface area contributed by atoms with E-state index in [9.17, 15) is 4.39 Å². The van der Waals surface area contributed by atoms with Crippen molar-refractivity contribution in [2.75, 3.05) is 7.11 Å². The summed E-state index contributed by atoms with van der Waals surface area (Å²) >= 11 is 6.20. The van der Waals surface area contributed by atoms with E-state index in [1.807, 2.05) is 20.8 Å². The molecule has 1 atom stereocenters. The van der Waals surface area contributed by atoms with Crippen molar-refractivity contribution >= 4 is 11.6 Å². The van der Waals surface area contributed by atoms with E-state index in [1.165, 1.54) is 13.2 Å². The van der Waals surface area contributed by atoms with Crippen molar-refractivity contribution in [2.45, 2.75) is 26.1 Å². The van der Waals surface area contributed by atoms with Gasteiger partial charge in [0, 0.05) is 11.6 Å². The summed E-state index contributed by atoms with van der Waals surface area (Å²) < 4.78 is 18.6. The lowest BCUT2D eigenvalue weighted by atomic mass is 9.87. The monoisotopic (exact) mass is 230 g/mol. The van der Waals surface area contributed by atoms with E-state index in [4.69, 9.17) is 16.3 Å². The van der Waals surface area contributed by atoms with Gasteiger partial charge in [-0.25, -0.2) is 4.39 Å². The van der Waals surface area contributed by atoms with E-state index in [1.54, 1.807) is 12.1 Å². The molecule has 0 heterocycles. The van der Waals surface area contributed by atoms with E-state index < -0.39 is 0 Å². The average Bonchev–Trinajstić information content (AvgIpc) is 2.15. The van der Waals surface area contributed by atoms with Crippen LogP contribution in [-0.4, -0.2) is 7.11 Å². The highest BCUT2D eigenvalue weighted by atomic mass is 35.5. The van der Waals surface area contributed by atoms with Crippen molar-refractivity contribution < 1.29 is 9.13 Å². The van der Waals surface area contributed by atoms with Crippen LogP contribution in [0.25, 0.3) is 0 Å². The molecule has 84 valence electrons. The first-order valence-corrected chi connectivity index (χ1v) is 5.27. The first-order chi connectivity index (χ1) is 6.86. The summed E-state index contributed by atoms with van der Waals surface area (Å²) in [7, 11) is 1.51. The minimum Gasteiger partial charge on any atom is -0.497 e. The van der Waals surface area contributed by atoms with Gasteiger partial charge in [-0.2, -0.15) is 0 Å². The standard InChI is InChI=1S/C12H16ClFO/c1-12(2,3)11(13)9-6-5-8(15-4)7-10(9)14/h5-7,11H,1-4H3. The molecule has 0 radical (unpaired) electrons. The second-order valence-corrected chi connectivity index (χ2v) is 5.05. The Kier molecular flexibility index (Phi) is 3.61. The molecule has 0 aliphatic heterocycles. The number of benzene rings is 1. The fourth-order valence-electron chi connectivity index (χ4n) is 1.31. The van der Waals surface area contributed by atoms with Gasteiger partial charge in [0.05, 0.1) is 12.5 Å². The van der Waals surface area contributed by atoms with Gasteiger partial charge in [0.15, 0.2) is 0 Å². The number of hydrogen-bond acceptors (Lipinski definition) is 1. The fourth-order valence-corrected chi connectivity index (χ4v) is 1.48. The normalized spacial score (nSPS) is 13.7. The van der Waals surface area contributed by atoms with E-state index in [2.05, 4.69) is 0 Å². The van der Waals surface area contributed by atoms with E-state index in [0.29, 0.717) is 11.3 Å². The lowest BCUT2D eigenvalue weighted by Gasteiger charge is -2.25. The van der Waals surface area contributed by atoms with Crippen molar-refractivity contribution in [2.24, 2.45) is 5.41 Å². The third-order valence-corrected chi connectivity index (χ3v) is 3.13. The molecular weight excluding hydrogens is 215 g/mol. The van der Waals surface area contributed by atoms with Crippen LogP contribution in [0.5, 0.6) is 5.75 Å². The maximum absolute atomic E-state index is 13.7. The summed E-state index contributed by atoms with van der Waals surface area (Å²) in [5.74, 6) is 0.193. The molecule has 0 saturated carbocycles. The third-order valence-electron chi connectivity index (χ3n) is 2.24. The summed E-state index contributed by atoms with van der Waals surface area (Å²) in [6.07, 6.45) is 0. The zero-order valence-corrected chi connectivity index (χ0v) is 10.2. The predicted molar refractivity (Wildman–Crippen MR) is 61.0 cm³/mol. The molecule has 3 heteroatoms. The van der Waals surface area contributed by atoms with Crippen LogP contribution in [0.15, 0.2) is 18.2 Å². The number of rotatable bonds is 2. The molecule has 15 heavy (non-hydrogen) atoms. The van der Waals surface area contributed by atoms with Gasteiger partial charge in [0.25, 0.3) is 0 Å². The molecule has 0 spiro atoms. The van der Waals surface area contributed by atoms with Crippen LogP contribution in [0.3, 0.4) is 0 Å². The van der Waals surface area contributed by atoms with Gasteiger partial charge in [-0.15, -0.1) is 11.6 Å². The molecule has 0 aliphatic carbocycles. The Labute approximate surface area is 95.2 Å². The minimum absolute atomic E-state index is 0.170. The van der Waals surface area contributed by atoms with Crippen LogP contribution in [0.2, 0.25) is 0 Å². The van der Waals surface area contributed by atoms with Gasteiger partial charge >= 0.3 is 0 Å². The molecule has 1 nitrogen and oxygen atoms in total. The minimum atomic E-state index is -0.344. The van der Waals surface area contributed by atoms with E-state index in [0.717, 1.165) is 0 Å². The lowest BCUT2D eigenvalue weighted by Crippen LogP contribution is -2.14. The molecule has 0 aliphatic rings. The first kappa shape index (κ1) is 12.3. The highest BCUT2D eigenvalue weighted by molar-refractivity contribution is 6.21. The van der Waals surface area contributed by atoms with Crippen molar-refractivity contribution in [1.82, 2.24) is 0 Å². The Morgan fingerprint density at radius 2 is 1.93 bits per heavy atom. The number of hydrogen-bond donors (Lipinski definition) is 0. The summed E-state index contributed by atoms with van der Waals surface area (Å²) in [4.78, 5) is 0. The highest BCUT2D eigenvalue weighted by Crippen LogP contribution is 2.39. The van der Waals surface area contributed by atoms with Crippen molar-refractivity contribution in [3.63, 3.8) is 0 Å². The quantitative estimate of drug-likeness (QED) is 0.694. The van der Waals surface area contributed by atoms with Crippen LogP contribution in [0.4, 0.5) is 4.39 Å². The van der Waals surface area contributed by atoms with Gasteiger partial charge in [-0.1, -0.05) is 26.8 Å². The molecule has 0 fully saturated rings. The molecular formula is C12H16ClFO. The smallest absolute Gasteiger partial charge is 0.131 e. The number of halogens is 2. The number of ether oxygens (including phenoxy) is 1. The Morgan fingerprint density at radius 1 is 1.33 bits per heavy atom. The van der Waals surface area contributed by atoms with Gasteiger partial charge in [0.2, 0.25) is 0 Å². The van der Waals surface area contributed by atoms with Crippen LogP contribution < -0.4 is 4.74 Å². The second kappa shape index (κ2) is 4.40. The average molecular weight is 231 g/mol. The molecule has 1 rings (SSSR count). The zero-order chi connectivity index (χ0) is 11.6.